The molecule has 492 valence electrons. The highest BCUT2D eigenvalue weighted by Crippen LogP contribution is 2.57. The fourth-order valence-electron chi connectivity index (χ4n) is 16.0. The molecule has 0 spiro atoms. The summed E-state index contributed by atoms with van der Waals surface area (Å²) in [6, 6.07) is 58.9. The molecule has 17 rings (SSSR count). The molecule has 0 saturated carbocycles. The molecule has 0 aromatic heterocycles. The maximum absolute atomic E-state index is 12.2. The van der Waals surface area contributed by atoms with E-state index in [1.807, 2.05) is 117 Å². The first-order valence-electron chi connectivity index (χ1n) is 41.2. The molecule has 4 nitrogen and oxygen atoms in total. The highest BCUT2D eigenvalue weighted by Gasteiger charge is 2.52. The molecule has 0 fully saturated rings. The summed E-state index contributed by atoms with van der Waals surface area (Å²) >= 11 is 0. The number of anilines is 9. The summed E-state index contributed by atoms with van der Waals surface area (Å²) in [5.74, 6) is -0.262. The first-order chi connectivity index (χ1) is 53.6. The summed E-state index contributed by atoms with van der Waals surface area (Å²) in [5.41, 5.74) is 18.6. The van der Waals surface area contributed by atoms with Crippen molar-refractivity contribution in [2.24, 2.45) is 0 Å². The largest absolute Gasteiger partial charge is 0.459 e. The predicted octanol–water partition coefficient (Wildman–Crippen LogP) is 21.9. The van der Waals surface area contributed by atoms with Crippen molar-refractivity contribution < 1.29 is 21.2 Å². The van der Waals surface area contributed by atoms with Crippen LogP contribution in [0.1, 0.15) is 123 Å². The lowest BCUT2D eigenvalue weighted by molar-refractivity contribution is 0.491. The van der Waals surface area contributed by atoms with Crippen LogP contribution in [0, 0.1) is 34.6 Å². The van der Waals surface area contributed by atoms with Crippen molar-refractivity contribution in [2.45, 2.75) is 113 Å². The summed E-state index contributed by atoms with van der Waals surface area (Å²) in [4.78, 5) is 6.13. The van der Waals surface area contributed by atoms with Crippen molar-refractivity contribution in [1.29, 1.82) is 0 Å². The molecule has 4 heterocycles. The average molecular weight is 1320 g/mol. The molecule has 0 atom stereocenters. The third-order valence-corrected chi connectivity index (χ3v) is 21.8. The second kappa shape index (κ2) is 23.7. The van der Waals surface area contributed by atoms with Gasteiger partial charge in [-0.1, -0.05) is 250 Å². The number of nitrogens with zero attached hydrogens (tertiary/aromatic N) is 3. The van der Waals surface area contributed by atoms with Gasteiger partial charge in [0.15, 0.2) is 0 Å². The van der Waals surface area contributed by atoms with Crippen LogP contribution in [-0.2, 0) is 16.2 Å². The molecule has 101 heavy (non-hydrogen) atoms. The minimum Gasteiger partial charge on any atom is -0.459 e. The van der Waals surface area contributed by atoms with Crippen molar-refractivity contribution in [3.8, 4) is 67.1 Å². The number of benzene rings is 13. The quantitative estimate of drug-likeness (QED) is 0.141. The van der Waals surface area contributed by atoms with Gasteiger partial charge in [-0.05, 0) is 234 Å². The van der Waals surface area contributed by atoms with E-state index in [1.165, 1.54) is 0 Å². The number of hydrogen-bond acceptors (Lipinski definition) is 4. The number of hydrogen-bond donors (Lipinski definition) is 0. The molecule has 0 saturated heterocycles. The maximum atomic E-state index is 12.2. The summed E-state index contributed by atoms with van der Waals surface area (Å²) in [7, 11) is 0. The highest BCUT2D eigenvalue weighted by atomic mass is 16.5. The molecular formula is C95H85B2N3O. The molecule has 4 aliphatic rings. The van der Waals surface area contributed by atoms with Crippen molar-refractivity contribution in [3.05, 3.63) is 305 Å². The molecule has 0 unspecified atom stereocenters. The van der Waals surface area contributed by atoms with Crippen LogP contribution in [0.4, 0.5) is 51.2 Å². The van der Waals surface area contributed by atoms with Gasteiger partial charge in [0.05, 0.1) is 27.8 Å². The smallest absolute Gasteiger partial charge is 0.256 e. The van der Waals surface area contributed by atoms with Crippen molar-refractivity contribution in [3.63, 3.8) is 0 Å². The summed E-state index contributed by atoms with van der Waals surface area (Å²) in [6.45, 7) is 27.3. The van der Waals surface area contributed by atoms with Gasteiger partial charge in [-0.15, -0.1) is 0 Å². The van der Waals surface area contributed by atoms with Crippen LogP contribution < -0.4 is 52.2 Å². The summed E-state index contributed by atoms with van der Waals surface area (Å²) < 4.78 is 134. The van der Waals surface area contributed by atoms with Crippen LogP contribution in [0.25, 0.3) is 55.6 Å². The van der Waals surface area contributed by atoms with Crippen molar-refractivity contribution >= 4 is 97.4 Å². The molecule has 13 aromatic carbocycles. The average Bonchev–Trinajstić information content (AvgIpc) is 0.659. The number of ether oxygens (including phenoxy) is 1. The van der Waals surface area contributed by atoms with E-state index < -0.39 is 78.0 Å². The van der Waals surface area contributed by atoms with Crippen LogP contribution in [0.5, 0.6) is 11.5 Å². The Labute approximate surface area is 615 Å². The fourth-order valence-corrected chi connectivity index (χ4v) is 16.0. The molecular weight excluding hydrogens is 1220 g/mol. The number of fused-ring (bicyclic) bond motifs is 9. The molecule has 0 aliphatic carbocycles. The van der Waals surface area contributed by atoms with E-state index in [-0.39, 0.29) is 85.6 Å². The Morgan fingerprint density at radius 2 is 0.713 bits per heavy atom. The second-order valence-electron chi connectivity index (χ2n) is 30.8. The lowest BCUT2D eigenvalue weighted by atomic mass is 9.30. The Morgan fingerprint density at radius 1 is 0.327 bits per heavy atom. The lowest BCUT2D eigenvalue weighted by Crippen LogP contribution is -2.65. The topological polar surface area (TPSA) is 19.0 Å². The Bertz CT molecular complexity index is 6110. The standard InChI is InChI=1S/C95H85B2N3O/c1-58-59(2)61(4)86(62(5)60(58)3)67-48-49-77-80(50-67)99(90-72(63-34-20-15-21-35-63)51-68(93(6,7)8)52-73(90)64-36-22-16-23-37-64)81-55-70(95(12,13)14)56-82-87(81)97(77)89-84(100(82)91-74(65-38-24-17-25-39-65)53-69(94(9,10)11)54-75(91)66-40-26-18-27-41-66)57-83-88-92(89)101-85-47-33-31-45-78(85)96(88)76-44-30-32-46-79(76)98(83)71-42-28-19-29-43-71/h15-57H,1-14H3/i30D,31D,32D,33D,44D,45D,46D,47D,48D,49D,50D,57D. The predicted molar refractivity (Wildman–Crippen MR) is 433 cm³/mol. The third-order valence-electron chi connectivity index (χ3n) is 21.8. The van der Waals surface area contributed by atoms with Gasteiger partial charge in [0.25, 0.3) is 13.4 Å². The zero-order valence-electron chi connectivity index (χ0n) is 71.8. The van der Waals surface area contributed by atoms with Gasteiger partial charge < -0.3 is 19.4 Å². The van der Waals surface area contributed by atoms with Gasteiger partial charge in [0, 0.05) is 62.1 Å². The van der Waals surface area contributed by atoms with Crippen molar-refractivity contribution in [1.82, 2.24) is 0 Å². The van der Waals surface area contributed by atoms with Gasteiger partial charge in [0.2, 0.25) is 0 Å². The van der Waals surface area contributed by atoms with Crippen LogP contribution in [0.2, 0.25) is 0 Å². The molecule has 0 bridgehead atoms. The molecule has 13 aromatic rings. The van der Waals surface area contributed by atoms with E-state index in [2.05, 4.69) is 178 Å². The first kappa shape index (κ1) is 51.4. The Kier molecular flexibility index (Phi) is 12.0. The third kappa shape index (κ3) is 10.2. The second-order valence-corrected chi connectivity index (χ2v) is 30.8. The van der Waals surface area contributed by atoms with E-state index >= 15 is 0 Å². The zero-order chi connectivity index (χ0) is 80.1. The molecule has 6 heteroatoms. The van der Waals surface area contributed by atoms with Crippen LogP contribution in [0.3, 0.4) is 0 Å². The zero-order valence-corrected chi connectivity index (χ0v) is 59.8. The van der Waals surface area contributed by atoms with Gasteiger partial charge in [-0.25, -0.2) is 0 Å². The van der Waals surface area contributed by atoms with Crippen LogP contribution >= 0.6 is 0 Å². The minimum atomic E-state index is -1.47. The van der Waals surface area contributed by atoms with E-state index in [4.69, 9.17) is 4.74 Å². The number of para-hydroxylation sites is 3. The van der Waals surface area contributed by atoms with Crippen LogP contribution in [-0.4, -0.2) is 13.4 Å². The SMILES string of the molecule is [2H]c1c([2H])c([2H])c2c(c1[2H])Oc1c3c(c([2H])c4c1B1c5c(cc(C(C)(C)C)cc5N4c4c(-c5ccccc5)cc(C(C)(C)C)cc4-c4ccccc4)N(c4c(-c5ccccc5)cc(C(C)(C)C)cc4-c4ccccc4)c4c([2H])c(-c5c(C)c(C)c(C)c(C)c5C)c([2H])c([2H])c41)N(c1ccccc1)c1c([2H])c([2H])c([2H])c([2H])c1B23. The van der Waals surface area contributed by atoms with Crippen molar-refractivity contribution in [2.75, 3.05) is 14.7 Å². The van der Waals surface area contributed by atoms with E-state index in [0.717, 1.165) is 89.0 Å². The van der Waals surface area contributed by atoms with E-state index in [9.17, 15) is 16.4 Å². The monoisotopic (exact) mass is 1320 g/mol. The van der Waals surface area contributed by atoms with E-state index in [1.54, 1.807) is 4.90 Å². The minimum absolute atomic E-state index is 0.000421. The summed E-state index contributed by atoms with van der Waals surface area (Å²) in [6.07, 6.45) is 0. The molecule has 4 aliphatic heterocycles. The molecule has 0 amide bonds. The highest BCUT2D eigenvalue weighted by molar-refractivity contribution is 7.03. The molecule has 0 radical (unpaired) electrons. The van der Waals surface area contributed by atoms with Gasteiger partial charge in [-0.3, -0.25) is 0 Å². The Morgan fingerprint density at radius 3 is 1.19 bits per heavy atom. The van der Waals surface area contributed by atoms with Gasteiger partial charge in [0.1, 0.15) is 11.5 Å². The summed E-state index contributed by atoms with van der Waals surface area (Å²) in [5, 5.41) is 0. The first-order valence-corrected chi connectivity index (χ1v) is 35.2. The fraction of sp³-hybridized carbons (Fsp3) is 0.179. The molecule has 0 N–H and O–H groups in total. The van der Waals surface area contributed by atoms with Gasteiger partial charge in [-0.2, -0.15) is 0 Å². The van der Waals surface area contributed by atoms with Gasteiger partial charge >= 0.3 is 0 Å². The maximum Gasteiger partial charge on any atom is 0.256 e. The Balaban J connectivity index is 1.19. The number of rotatable bonds is 8. The van der Waals surface area contributed by atoms with E-state index in [0.29, 0.717) is 45.2 Å². The normalized spacial score (nSPS) is 15.1. The van der Waals surface area contributed by atoms with Crippen LogP contribution in [0.15, 0.2) is 261 Å². The lowest BCUT2D eigenvalue weighted by Gasteiger charge is -2.49. The Hall–Kier alpha value is -10.8.